The molecule has 0 saturated heterocycles. The molecule has 0 aliphatic carbocycles. The van der Waals surface area contributed by atoms with Crippen LogP contribution in [0.2, 0.25) is 0 Å². The Balaban J connectivity index is 2.17. The van der Waals surface area contributed by atoms with Gasteiger partial charge in [0.2, 0.25) is 0 Å². The van der Waals surface area contributed by atoms with Gasteiger partial charge in [-0.1, -0.05) is 6.07 Å². The minimum Gasteiger partial charge on any atom is -0.463 e. The van der Waals surface area contributed by atoms with Gasteiger partial charge in [-0.25, -0.2) is 14.5 Å². The number of ether oxygens (including phenoxy) is 1. The van der Waals surface area contributed by atoms with E-state index in [4.69, 9.17) is 0 Å². The highest BCUT2D eigenvalue weighted by Gasteiger charge is 2.11. The first-order chi connectivity index (χ1) is 8.20. The van der Waals surface area contributed by atoms with Crippen molar-refractivity contribution in [2.75, 3.05) is 7.11 Å². The molecule has 2 heterocycles. The zero-order valence-electron chi connectivity index (χ0n) is 9.62. The summed E-state index contributed by atoms with van der Waals surface area (Å²) in [7, 11) is 1.30. The Kier molecular flexibility index (Phi) is 3.13. The molecule has 2 aromatic heterocycles. The molecule has 0 aliphatic rings. The largest absolute Gasteiger partial charge is 0.463 e. The average molecular weight is 232 g/mol. The Morgan fingerprint density at radius 3 is 3.00 bits per heavy atom. The number of carbonyl (C=O) groups is 1. The van der Waals surface area contributed by atoms with Gasteiger partial charge in [-0.2, -0.15) is 0 Å². The summed E-state index contributed by atoms with van der Waals surface area (Å²) < 4.78 is 6.09. The third-order valence-corrected chi connectivity index (χ3v) is 2.33. The molecular weight excluding hydrogens is 220 g/mol. The Hall–Kier alpha value is -2.24. The van der Waals surface area contributed by atoms with Crippen LogP contribution in [0.15, 0.2) is 24.7 Å². The van der Waals surface area contributed by atoms with Crippen LogP contribution in [0.25, 0.3) is 0 Å². The summed E-state index contributed by atoms with van der Waals surface area (Å²) in [6.45, 7) is 2.46. The highest BCUT2D eigenvalue weighted by atomic mass is 16.5. The molecule has 0 saturated carbocycles. The second kappa shape index (κ2) is 4.73. The molecule has 2 aromatic rings. The van der Waals surface area contributed by atoms with Crippen LogP contribution < -0.4 is 0 Å². The number of aromatic nitrogens is 4. The van der Waals surface area contributed by atoms with Crippen LogP contribution in [0.4, 0.5) is 0 Å². The maximum absolute atomic E-state index is 11.2. The Morgan fingerprint density at radius 2 is 2.29 bits per heavy atom. The summed E-state index contributed by atoms with van der Waals surface area (Å²) in [6.07, 6.45) is 3.21. The zero-order chi connectivity index (χ0) is 12.3. The van der Waals surface area contributed by atoms with Crippen molar-refractivity contribution < 1.29 is 9.53 Å². The lowest BCUT2D eigenvalue weighted by Gasteiger charge is -2.03. The van der Waals surface area contributed by atoms with Crippen LogP contribution in [-0.2, 0) is 11.3 Å². The molecule has 6 nitrogen and oxygen atoms in total. The van der Waals surface area contributed by atoms with Crippen LogP contribution in [0.1, 0.15) is 21.9 Å². The molecule has 0 bridgehead atoms. The number of aryl methyl sites for hydroxylation is 1. The Labute approximate surface area is 98.3 Å². The van der Waals surface area contributed by atoms with E-state index in [1.165, 1.54) is 13.4 Å². The van der Waals surface area contributed by atoms with Gasteiger partial charge in [0.15, 0.2) is 0 Å². The standard InChI is InChI=1S/C11H12N4O2/c1-8-4-3-5-12-9(8)6-15-7-13-10(14-15)11(16)17-2/h3-5,7H,6H2,1-2H3. The minimum absolute atomic E-state index is 0.0566. The highest BCUT2D eigenvalue weighted by molar-refractivity contribution is 5.84. The maximum Gasteiger partial charge on any atom is 0.377 e. The number of esters is 1. The van der Waals surface area contributed by atoms with E-state index in [1.54, 1.807) is 10.9 Å². The van der Waals surface area contributed by atoms with Crippen LogP contribution in [-0.4, -0.2) is 32.8 Å². The summed E-state index contributed by atoms with van der Waals surface area (Å²) in [5.41, 5.74) is 1.97. The summed E-state index contributed by atoms with van der Waals surface area (Å²) >= 11 is 0. The van der Waals surface area contributed by atoms with Gasteiger partial charge in [0.05, 0.1) is 19.3 Å². The van der Waals surface area contributed by atoms with E-state index in [-0.39, 0.29) is 5.82 Å². The second-order valence-electron chi connectivity index (χ2n) is 3.52. The zero-order valence-corrected chi connectivity index (χ0v) is 9.62. The number of nitrogens with zero attached hydrogens (tertiary/aromatic N) is 4. The molecule has 2 rings (SSSR count). The van der Waals surface area contributed by atoms with Crippen molar-refractivity contribution in [3.63, 3.8) is 0 Å². The first-order valence-electron chi connectivity index (χ1n) is 5.09. The van der Waals surface area contributed by atoms with Gasteiger partial charge in [0, 0.05) is 6.20 Å². The van der Waals surface area contributed by atoms with E-state index in [2.05, 4.69) is 19.8 Å². The van der Waals surface area contributed by atoms with E-state index < -0.39 is 5.97 Å². The van der Waals surface area contributed by atoms with Crippen molar-refractivity contribution in [1.82, 2.24) is 19.7 Å². The van der Waals surface area contributed by atoms with Crippen LogP contribution in [0, 0.1) is 6.92 Å². The third-order valence-electron chi connectivity index (χ3n) is 2.33. The number of hydrogen-bond acceptors (Lipinski definition) is 5. The fraction of sp³-hybridized carbons (Fsp3) is 0.273. The van der Waals surface area contributed by atoms with Crippen molar-refractivity contribution in [2.45, 2.75) is 13.5 Å². The van der Waals surface area contributed by atoms with Gasteiger partial charge in [-0.15, -0.1) is 5.10 Å². The molecule has 0 aromatic carbocycles. The summed E-state index contributed by atoms with van der Waals surface area (Å²) in [4.78, 5) is 19.3. The van der Waals surface area contributed by atoms with E-state index >= 15 is 0 Å². The average Bonchev–Trinajstić information content (AvgIpc) is 2.80. The molecule has 88 valence electrons. The SMILES string of the molecule is COC(=O)c1ncn(Cc2ncccc2C)n1. The minimum atomic E-state index is -0.540. The second-order valence-corrected chi connectivity index (χ2v) is 3.52. The molecule has 0 unspecified atom stereocenters. The summed E-state index contributed by atoms with van der Waals surface area (Å²) in [5.74, 6) is -0.484. The first-order valence-corrected chi connectivity index (χ1v) is 5.09. The predicted octanol–water partition coefficient (Wildman–Crippen LogP) is 0.816. The summed E-state index contributed by atoms with van der Waals surface area (Å²) in [5, 5.41) is 4.01. The van der Waals surface area contributed by atoms with Gasteiger partial charge >= 0.3 is 5.97 Å². The van der Waals surface area contributed by atoms with E-state index in [9.17, 15) is 4.79 Å². The molecule has 0 atom stereocenters. The Bertz CT molecular complexity index is 536. The highest BCUT2D eigenvalue weighted by Crippen LogP contribution is 2.05. The number of rotatable bonds is 3. The van der Waals surface area contributed by atoms with Crippen LogP contribution in [0.3, 0.4) is 0 Å². The molecule has 0 radical (unpaired) electrons. The van der Waals surface area contributed by atoms with Gasteiger partial charge in [0.1, 0.15) is 6.33 Å². The number of carbonyl (C=O) groups excluding carboxylic acids is 1. The van der Waals surface area contributed by atoms with E-state index in [1.807, 2.05) is 19.1 Å². The van der Waals surface area contributed by atoms with Crippen molar-refractivity contribution in [3.05, 3.63) is 41.7 Å². The molecule has 17 heavy (non-hydrogen) atoms. The van der Waals surface area contributed by atoms with Gasteiger partial charge < -0.3 is 4.74 Å². The molecule has 0 aliphatic heterocycles. The van der Waals surface area contributed by atoms with Crippen molar-refractivity contribution >= 4 is 5.97 Å². The van der Waals surface area contributed by atoms with Crippen LogP contribution in [0.5, 0.6) is 0 Å². The van der Waals surface area contributed by atoms with Gasteiger partial charge in [-0.3, -0.25) is 4.98 Å². The van der Waals surface area contributed by atoms with Gasteiger partial charge in [-0.05, 0) is 18.6 Å². The monoisotopic (exact) mass is 232 g/mol. The molecule has 6 heteroatoms. The number of hydrogen-bond donors (Lipinski definition) is 0. The third kappa shape index (κ3) is 2.47. The van der Waals surface area contributed by atoms with E-state index in [0.29, 0.717) is 6.54 Å². The topological polar surface area (TPSA) is 69.9 Å². The normalized spacial score (nSPS) is 10.2. The predicted molar refractivity (Wildman–Crippen MR) is 59.4 cm³/mol. The smallest absolute Gasteiger partial charge is 0.377 e. The lowest BCUT2D eigenvalue weighted by atomic mass is 10.2. The number of methoxy groups -OCH3 is 1. The van der Waals surface area contributed by atoms with Crippen molar-refractivity contribution in [3.8, 4) is 0 Å². The Morgan fingerprint density at radius 1 is 1.47 bits per heavy atom. The van der Waals surface area contributed by atoms with Gasteiger partial charge in [0.25, 0.3) is 5.82 Å². The maximum atomic E-state index is 11.2. The van der Waals surface area contributed by atoms with Crippen molar-refractivity contribution in [2.24, 2.45) is 0 Å². The summed E-state index contributed by atoms with van der Waals surface area (Å²) in [6, 6.07) is 3.85. The lowest BCUT2D eigenvalue weighted by molar-refractivity contribution is 0.0586. The van der Waals surface area contributed by atoms with Crippen molar-refractivity contribution in [1.29, 1.82) is 0 Å². The molecule has 0 N–H and O–H groups in total. The molecule has 0 fully saturated rings. The lowest BCUT2D eigenvalue weighted by Crippen LogP contribution is -2.07. The van der Waals surface area contributed by atoms with Crippen LogP contribution >= 0.6 is 0 Å². The molecule has 0 amide bonds. The quantitative estimate of drug-likeness (QED) is 0.732. The first kappa shape index (κ1) is 11.3. The molecular formula is C11H12N4O2. The number of pyridine rings is 1. The molecule has 0 spiro atoms. The fourth-order valence-corrected chi connectivity index (χ4v) is 1.39. The fourth-order valence-electron chi connectivity index (χ4n) is 1.39. The van der Waals surface area contributed by atoms with E-state index in [0.717, 1.165) is 11.3 Å².